The second-order valence-corrected chi connectivity index (χ2v) is 28.9. The zero-order valence-corrected chi connectivity index (χ0v) is 45.1. The summed E-state index contributed by atoms with van der Waals surface area (Å²) in [6.07, 6.45) is 3.73. The van der Waals surface area contributed by atoms with E-state index in [1.165, 1.54) is 159 Å². The minimum absolute atomic E-state index is 0.139. The van der Waals surface area contributed by atoms with Gasteiger partial charge in [-0.25, -0.2) is 0 Å². The topological polar surface area (TPSA) is 0 Å². The Balaban J connectivity index is 1.08. The summed E-state index contributed by atoms with van der Waals surface area (Å²) in [5.74, 6) is 0. The molecule has 0 radical (unpaired) electrons. The van der Waals surface area contributed by atoms with E-state index in [2.05, 4.69) is 158 Å². The van der Waals surface area contributed by atoms with Crippen LogP contribution in [0.4, 0.5) is 0 Å². The number of alkyl halides is 3. The van der Waals surface area contributed by atoms with Crippen molar-refractivity contribution in [3.63, 3.8) is 0 Å². The third-order valence-corrected chi connectivity index (χ3v) is 26.2. The first-order valence-corrected chi connectivity index (χ1v) is 31.7. The van der Waals surface area contributed by atoms with Crippen molar-refractivity contribution in [2.24, 2.45) is 0 Å². The molecule has 0 bridgehead atoms. The molecule has 2 aliphatic carbocycles. The number of benzene rings is 12. The summed E-state index contributed by atoms with van der Waals surface area (Å²) < 4.78 is 8.38. The van der Waals surface area contributed by atoms with E-state index >= 15 is 0 Å². The van der Waals surface area contributed by atoms with Gasteiger partial charge in [0.15, 0.2) is 0 Å². The summed E-state index contributed by atoms with van der Waals surface area (Å²) in [6, 6.07) is 44.2. The number of hydrogen-bond acceptors (Lipinski definition) is 0. The average molecular weight is 1190 g/mol. The van der Waals surface area contributed by atoms with Gasteiger partial charge >= 0.3 is 422 Å². The zero-order chi connectivity index (χ0) is 44.4. The molecule has 1 unspecified atom stereocenters. The van der Waals surface area contributed by atoms with Crippen LogP contribution in [-0.2, 0) is 0 Å². The molecule has 0 amide bonds. The monoisotopic (exact) mass is 1190 g/mol. The van der Waals surface area contributed by atoms with Crippen molar-refractivity contribution in [2.45, 2.75) is 71.7 Å². The Morgan fingerprint density at radius 2 is 0.773 bits per heavy atom. The summed E-state index contributed by atoms with van der Waals surface area (Å²) in [7, 11) is 0. The fourth-order valence-corrected chi connectivity index (χ4v) is 21.7. The van der Waals surface area contributed by atoms with Gasteiger partial charge in [-0.3, -0.25) is 0 Å². The summed E-state index contributed by atoms with van der Waals surface area (Å²) in [5.41, 5.74) is 16.5. The number of halogens is 3. The van der Waals surface area contributed by atoms with Gasteiger partial charge in [0.25, 0.3) is 0 Å². The molecule has 0 aliphatic heterocycles. The van der Waals surface area contributed by atoms with Crippen molar-refractivity contribution < 1.29 is 63.6 Å². The van der Waals surface area contributed by atoms with Gasteiger partial charge in [-0.2, -0.15) is 0 Å². The average Bonchev–Trinajstić information content (AvgIpc) is 3.89. The first-order valence-electron chi connectivity index (χ1n) is 24.1. The summed E-state index contributed by atoms with van der Waals surface area (Å²) in [5, 5.41) is 26.1. The molecule has 0 N–H and O–H groups in total. The van der Waals surface area contributed by atoms with Crippen LogP contribution in [0, 0.1) is 31.5 Å². The van der Waals surface area contributed by atoms with Gasteiger partial charge in [-0.15, -0.1) is 0 Å². The van der Waals surface area contributed by atoms with Crippen molar-refractivity contribution >= 4 is 97.0 Å². The van der Waals surface area contributed by atoms with Crippen molar-refractivity contribution in [3.05, 3.63) is 137 Å². The quantitative estimate of drug-likeness (QED) is 0.0589. The van der Waals surface area contributed by atoms with Crippen LogP contribution in [0.5, 0.6) is 0 Å². The van der Waals surface area contributed by atoms with Crippen molar-refractivity contribution in [1.29, 1.82) is 0 Å². The fraction of sp³-hybridized carbons (Fsp3) is 0.206. The molecule has 0 spiro atoms. The van der Waals surface area contributed by atoms with Gasteiger partial charge in [0.2, 0.25) is 0 Å². The fourth-order valence-electron chi connectivity index (χ4n) is 12.7. The first kappa shape index (κ1) is 40.7. The Morgan fingerprint density at radius 1 is 0.379 bits per heavy atom. The summed E-state index contributed by atoms with van der Waals surface area (Å²) in [4.78, 5) is 0. The second-order valence-electron chi connectivity index (χ2n) is 19.2. The van der Waals surface area contributed by atoms with Crippen LogP contribution >= 0.6 is 0 Å². The van der Waals surface area contributed by atoms with Crippen LogP contribution in [0.2, 0.25) is 0 Å². The van der Waals surface area contributed by atoms with E-state index in [1.807, 2.05) is 0 Å². The number of aryl methyl sites for hydroxylation is 3. The van der Waals surface area contributed by atoms with Crippen LogP contribution in [0.15, 0.2) is 109 Å². The van der Waals surface area contributed by atoms with E-state index in [-0.39, 0.29) is 63.6 Å². The maximum atomic E-state index is 2.61. The number of fused-ring (bicyclic) bond motifs is 12. The molecule has 326 valence electrons. The second kappa shape index (κ2) is 14.8. The standard InChI is InChI=1S/C63H50I3/c1-8-27-64-61-42-16-12-11-15-35(42)34(7)51-49-31(4)29-47-40-21-22-41-48-30-32(5)50-57-46(59-60(50)62(65-28-9-2)43-17-13-14-18-44(43)63(59)66-33(6)10-3)26-24-39(55(48)57)37-20-19-36(52(40)53(37)41)38-23-25-45(58(51)61)56(49)54(38)47/h11-26,29-30,33H,8-10,27-28H2,1-7H3/q-3. The van der Waals surface area contributed by atoms with Crippen LogP contribution in [-0.4, -0.2) is 12.8 Å². The van der Waals surface area contributed by atoms with E-state index in [9.17, 15) is 0 Å². The molecule has 14 rings (SSSR count). The maximum absolute atomic E-state index is 2.61. The number of hydrogen-bond donors (Lipinski definition) is 0. The molecule has 66 heavy (non-hydrogen) atoms. The molecule has 0 fully saturated rings. The summed E-state index contributed by atoms with van der Waals surface area (Å²) in [6.45, 7) is 16.9. The molecule has 0 aromatic heterocycles. The third-order valence-electron chi connectivity index (χ3n) is 15.5. The molecule has 0 heterocycles. The zero-order valence-electron chi connectivity index (χ0n) is 38.6. The van der Waals surface area contributed by atoms with Gasteiger partial charge in [0.05, 0.1) is 0 Å². The van der Waals surface area contributed by atoms with E-state index in [1.54, 1.807) is 38.2 Å². The van der Waals surface area contributed by atoms with E-state index in [0.29, 0.717) is 0 Å². The van der Waals surface area contributed by atoms with Gasteiger partial charge in [0.1, 0.15) is 0 Å². The van der Waals surface area contributed by atoms with Gasteiger partial charge in [-0.1, -0.05) is 0 Å². The van der Waals surface area contributed by atoms with E-state index in [0.717, 1.165) is 3.92 Å². The Labute approximate surface area is 418 Å². The molecular weight excluding hydrogens is 1140 g/mol. The van der Waals surface area contributed by atoms with E-state index in [4.69, 9.17) is 0 Å². The Morgan fingerprint density at radius 3 is 1.27 bits per heavy atom. The first-order chi connectivity index (χ1) is 32.3. The van der Waals surface area contributed by atoms with E-state index < -0.39 is 0 Å². The molecular formula is C63H50I3-3. The minimum atomic E-state index is -0.200. The van der Waals surface area contributed by atoms with Gasteiger partial charge < -0.3 is 0 Å². The molecule has 2 aliphatic rings. The molecule has 0 saturated heterocycles. The third kappa shape index (κ3) is 5.16. The van der Waals surface area contributed by atoms with Gasteiger partial charge in [-0.05, 0) is 0 Å². The predicted molar refractivity (Wildman–Crippen MR) is 276 cm³/mol. The Kier molecular flexibility index (Phi) is 9.16. The van der Waals surface area contributed by atoms with Crippen LogP contribution in [0.1, 0.15) is 63.6 Å². The predicted octanol–water partition coefficient (Wildman–Crippen LogP) is 8.56. The molecule has 0 nitrogen and oxygen atoms in total. The Bertz CT molecular complexity index is 4130. The number of rotatable bonds is 9. The Hall–Kier alpha value is -4.31. The molecule has 12 aromatic rings. The van der Waals surface area contributed by atoms with Crippen molar-refractivity contribution in [2.75, 3.05) is 8.86 Å². The normalized spacial score (nSPS) is 13.7. The SMILES string of the molecule is CCC[I-]c1c2c(c(C)c3ccccc13)-c1c(C)cc3c4ccc5c6cc(C)c7c8c(ccc(c9ccc(c%10ccc-2c1c%103)c4c95)c86)-c1c-7c([I-]CCC)c2ccccc2c1[I-]C(C)CC. The van der Waals surface area contributed by atoms with Crippen LogP contribution in [0.25, 0.3) is 141 Å². The van der Waals surface area contributed by atoms with Crippen molar-refractivity contribution in [3.8, 4) is 44.5 Å². The van der Waals surface area contributed by atoms with Crippen LogP contribution in [0.3, 0.4) is 0 Å². The summed E-state index contributed by atoms with van der Waals surface area (Å²) >= 11 is -0.490. The van der Waals surface area contributed by atoms with Crippen LogP contribution < -0.4 is 63.6 Å². The van der Waals surface area contributed by atoms with Gasteiger partial charge in [0, 0.05) is 0 Å². The molecule has 12 aromatic carbocycles. The molecule has 0 saturated carbocycles. The van der Waals surface area contributed by atoms with Crippen molar-refractivity contribution in [1.82, 2.24) is 0 Å². The molecule has 3 heteroatoms. The molecule has 1 atom stereocenters.